The summed E-state index contributed by atoms with van der Waals surface area (Å²) in [5.41, 5.74) is 0. The molecule has 0 spiro atoms. The van der Waals surface area contributed by atoms with Crippen LogP contribution < -0.4 is 5.32 Å². The van der Waals surface area contributed by atoms with Gasteiger partial charge in [-0.1, -0.05) is 0 Å². The number of nitrogens with one attached hydrogen (secondary N) is 1. The molecule has 1 aliphatic carbocycles. The highest BCUT2D eigenvalue weighted by atomic mass is 79.9. The molecule has 7 heteroatoms. The highest BCUT2D eigenvalue weighted by Crippen LogP contribution is 2.25. The van der Waals surface area contributed by atoms with Crippen LogP contribution in [0.1, 0.15) is 12.8 Å². The van der Waals surface area contributed by atoms with E-state index >= 15 is 0 Å². The molecule has 0 atom stereocenters. The van der Waals surface area contributed by atoms with E-state index in [9.17, 15) is 9.59 Å². The van der Waals surface area contributed by atoms with Crippen LogP contribution in [0.15, 0.2) is 17.0 Å². The van der Waals surface area contributed by atoms with Crippen molar-refractivity contribution in [3.63, 3.8) is 0 Å². The standard InChI is InChI=1S/C10H11BrN4O2/c11-8-3-12-4-9(13-8)14-10(17)5-15(6-16)7-1-2-7/h3-4,6-7H,1-2,5H2,(H,13,14,17). The summed E-state index contributed by atoms with van der Waals surface area (Å²) < 4.78 is 0.546. The van der Waals surface area contributed by atoms with Gasteiger partial charge in [-0.2, -0.15) is 0 Å². The Kier molecular flexibility index (Phi) is 3.68. The first-order chi connectivity index (χ1) is 8.19. The lowest BCUT2D eigenvalue weighted by atomic mass is 10.4. The van der Waals surface area contributed by atoms with Crippen LogP contribution >= 0.6 is 15.9 Å². The summed E-state index contributed by atoms with van der Waals surface area (Å²) in [6.45, 7) is 0.0579. The average Bonchev–Trinajstić information content (AvgIpc) is 3.09. The van der Waals surface area contributed by atoms with Crippen LogP contribution in [0, 0.1) is 0 Å². The highest BCUT2D eigenvalue weighted by Gasteiger charge is 2.29. The van der Waals surface area contributed by atoms with E-state index in [1.165, 1.54) is 17.3 Å². The van der Waals surface area contributed by atoms with Crippen molar-refractivity contribution in [1.82, 2.24) is 14.9 Å². The molecular formula is C10H11BrN4O2. The zero-order valence-electron chi connectivity index (χ0n) is 8.97. The fourth-order valence-electron chi connectivity index (χ4n) is 1.41. The van der Waals surface area contributed by atoms with Crippen molar-refractivity contribution in [2.75, 3.05) is 11.9 Å². The smallest absolute Gasteiger partial charge is 0.245 e. The molecule has 6 nitrogen and oxygen atoms in total. The summed E-state index contributed by atoms with van der Waals surface area (Å²) in [6, 6.07) is 0.229. The van der Waals surface area contributed by atoms with Crippen LogP contribution in [0.2, 0.25) is 0 Å². The number of hydrogen-bond donors (Lipinski definition) is 1. The Morgan fingerprint density at radius 2 is 2.35 bits per heavy atom. The van der Waals surface area contributed by atoms with Gasteiger partial charge in [0.15, 0.2) is 5.82 Å². The maximum atomic E-state index is 11.6. The number of halogens is 1. The van der Waals surface area contributed by atoms with Gasteiger partial charge in [-0.15, -0.1) is 0 Å². The monoisotopic (exact) mass is 298 g/mol. The van der Waals surface area contributed by atoms with Crippen LogP contribution in [0.4, 0.5) is 5.82 Å². The van der Waals surface area contributed by atoms with Crippen molar-refractivity contribution in [3.8, 4) is 0 Å². The number of amides is 2. The van der Waals surface area contributed by atoms with E-state index in [0.29, 0.717) is 16.8 Å². The van der Waals surface area contributed by atoms with E-state index < -0.39 is 0 Å². The van der Waals surface area contributed by atoms with E-state index in [0.717, 1.165) is 12.8 Å². The van der Waals surface area contributed by atoms with Crippen molar-refractivity contribution >= 4 is 34.1 Å². The highest BCUT2D eigenvalue weighted by molar-refractivity contribution is 9.10. The molecule has 1 N–H and O–H groups in total. The van der Waals surface area contributed by atoms with Crippen molar-refractivity contribution in [2.45, 2.75) is 18.9 Å². The maximum Gasteiger partial charge on any atom is 0.245 e. The van der Waals surface area contributed by atoms with Gasteiger partial charge in [0, 0.05) is 6.04 Å². The van der Waals surface area contributed by atoms with Gasteiger partial charge in [-0.25, -0.2) is 4.98 Å². The second-order valence-corrected chi connectivity index (χ2v) is 4.60. The average molecular weight is 299 g/mol. The Hall–Kier alpha value is -1.50. The molecule has 0 aromatic carbocycles. The maximum absolute atomic E-state index is 11.6. The zero-order chi connectivity index (χ0) is 12.3. The molecule has 1 aromatic rings. The second kappa shape index (κ2) is 5.22. The first kappa shape index (κ1) is 12.0. The van der Waals surface area contributed by atoms with Gasteiger partial charge in [-0.3, -0.25) is 14.6 Å². The summed E-state index contributed by atoms with van der Waals surface area (Å²) in [4.78, 5) is 31.8. The quantitative estimate of drug-likeness (QED) is 0.816. The third kappa shape index (κ3) is 3.48. The largest absolute Gasteiger partial charge is 0.333 e. The molecule has 0 unspecified atom stereocenters. The van der Waals surface area contributed by atoms with Gasteiger partial charge in [-0.05, 0) is 28.8 Å². The van der Waals surface area contributed by atoms with Gasteiger partial charge in [0.1, 0.15) is 4.60 Å². The molecule has 0 radical (unpaired) electrons. The Morgan fingerprint density at radius 1 is 1.59 bits per heavy atom. The number of hydrogen-bond acceptors (Lipinski definition) is 4. The molecule has 1 fully saturated rings. The Bertz CT molecular complexity index is 436. The Balaban J connectivity index is 1.90. The lowest BCUT2D eigenvalue weighted by Gasteiger charge is -2.15. The number of carbonyl (C=O) groups excluding carboxylic acids is 2. The van der Waals surface area contributed by atoms with Gasteiger partial charge in [0.05, 0.1) is 18.9 Å². The minimum Gasteiger partial charge on any atom is -0.333 e. The molecule has 1 heterocycles. The molecule has 2 rings (SSSR count). The number of aromatic nitrogens is 2. The number of nitrogens with zero attached hydrogens (tertiary/aromatic N) is 3. The first-order valence-corrected chi connectivity index (χ1v) is 5.97. The minimum atomic E-state index is -0.267. The third-order valence-corrected chi connectivity index (χ3v) is 2.73. The van der Waals surface area contributed by atoms with Crippen LogP contribution in [-0.2, 0) is 9.59 Å². The summed E-state index contributed by atoms with van der Waals surface area (Å²) in [5.74, 6) is 0.0995. The van der Waals surface area contributed by atoms with Crippen LogP contribution in [0.5, 0.6) is 0 Å². The predicted molar refractivity (Wildman–Crippen MR) is 64.2 cm³/mol. The topological polar surface area (TPSA) is 75.2 Å². The van der Waals surface area contributed by atoms with Gasteiger partial charge in [0.25, 0.3) is 0 Å². The normalized spacial score (nSPS) is 14.2. The van der Waals surface area contributed by atoms with Gasteiger partial charge >= 0.3 is 0 Å². The lowest BCUT2D eigenvalue weighted by Crippen LogP contribution is -2.34. The van der Waals surface area contributed by atoms with E-state index in [4.69, 9.17) is 0 Å². The third-order valence-electron chi connectivity index (χ3n) is 2.35. The van der Waals surface area contributed by atoms with E-state index in [2.05, 4.69) is 31.2 Å². The summed E-state index contributed by atoms with van der Waals surface area (Å²) in [5, 5.41) is 2.59. The molecule has 1 aliphatic rings. The van der Waals surface area contributed by atoms with Gasteiger partial charge in [0.2, 0.25) is 12.3 Å². The first-order valence-electron chi connectivity index (χ1n) is 5.17. The molecule has 17 heavy (non-hydrogen) atoms. The van der Waals surface area contributed by atoms with Crippen LogP contribution in [0.3, 0.4) is 0 Å². The summed E-state index contributed by atoms with van der Waals surface area (Å²) in [6.07, 6.45) is 5.64. The predicted octanol–water partition coefficient (Wildman–Crippen LogP) is 0.798. The number of rotatable bonds is 5. The van der Waals surface area contributed by atoms with Crippen molar-refractivity contribution < 1.29 is 9.59 Å². The van der Waals surface area contributed by atoms with E-state index in [-0.39, 0.29) is 18.5 Å². The van der Waals surface area contributed by atoms with Crippen LogP contribution in [0.25, 0.3) is 0 Å². The molecule has 0 bridgehead atoms. The Labute approximate surface area is 107 Å². The van der Waals surface area contributed by atoms with E-state index in [1.807, 2.05) is 0 Å². The fraction of sp³-hybridized carbons (Fsp3) is 0.400. The lowest BCUT2D eigenvalue weighted by molar-refractivity contribution is -0.125. The van der Waals surface area contributed by atoms with Crippen molar-refractivity contribution in [2.24, 2.45) is 0 Å². The van der Waals surface area contributed by atoms with Crippen molar-refractivity contribution in [1.29, 1.82) is 0 Å². The molecule has 1 saturated carbocycles. The zero-order valence-corrected chi connectivity index (χ0v) is 10.6. The summed E-state index contributed by atoms with van der Waals surface area (Å²) >= 11 is 3.16. The molecule has 0 saturated heterocycles. The summed E-state index contributed by atoms with van der Waals surface area (Å²) in [7, 11) is 0. The SMILES string of the molecule is O=CN(CC(=O)Nc1cncc(Br)n1)C1CC1. The number of anilines is 1. The minimum absolute atomic E-state index is 0.0579. The molecule has 0 aliphatic heterocycles. The second-order valence-electron chi connectivity index (χ2n) is 3.78. The van der Waals surface area contributed by atoms with E-state index in [1.54, 1.807) is 0 Å². The van der Waals surface area contributed by atoms with Crippen LogP contribution in [-0.4, -0.2) is 39.8 Å². The Morgan fingerprint density at radius 3 is 2.94 bits per heavy atom. The molecular weight excluding hydrogens is 288 g/mol. The number of carbonyl (C=O) groups is 2. The fourth-order valence-corrected chi connectivity index (χ4v) is 1.72. The van der Waals surface area contributed by atoms with Gasteiger partial charge < -0.3 is 10.2 Å². The van der Waals surface area contributed by atoms with Crippen molar-refractivity contribution in [3.05, 3.63) is 17.0 Å². The molecule has 1 aromatic heterocycles. The molecule has 2 amide bonds. The molecule has 90 valence electrons.